The molecule has 35 heavy (non-hydrogen) atoms. The largest absolute Gasteiger partial charge is 0.465 e. The Bertz CT molecular complexity index is 1370. The molecule has 0 atom stereocenters. The average molecular weight is 518 g/mol. The highest BCUT2D eigenvalue weighted by Crippen LogP contribution is 2.38. The van der Waals surface area contributed by atoms with Crippen LogP contribution in [0.25, 0.3) is 11.5 Å². The molecule has 9 nitrogen and oxygen atoms in total. The molecular weight excluding hydrogens is 490 g/mol. The monoisotopic (exact) mass is 517 g/mol. The number of anilines is 1. The van der Waals surface area contributed by atoms with E-state index in [1.54, 1.807) is 12.1 Å². The maximum absolute atomic E-state index is 12.8. The number of aromatic nitrogens is 2. The highest BCUT2D eigenvalue weighted by Gasteiger charge is 2.30. The van der Waals surface area contributed by atoms with E-state index < -0.39 is 32.7 Å². The maximum Gasteiger partial charge on any atom is 0.341 e. The lowest BCUT2D eigenvalue weighted by Gasteiger charge is -2.18. The van der Waals surface area contributed by atoms with Gasteiger partial charge in [-0.3, -0.25) is 4.79 Å². The predicted octanol–water partition coefficient (Wildman–Crippen LogP) is 4.17. The number of methoxy groups -OCH3 is 1. The molecule has 0 saturated heterocycles. The van der Waals surface area contributed by atoms with Crippen LogP contribution in [0.4, 0.5) is 5.00 Å². The molecule has 4 rings (SSSR count). The number of carbonyl (C=O) groups excluding carboxylic acids is 2. The Morgan fingerprint density at radius 1 is 1.11 bits per heavy atom. The van der Waals surface area contributed by atoms with Crippen molar-refractivity contribution in [2.45, 2.75) is 57.1 Å². The molecule has 0 bridgehead atoms. The Kier molecular flexibility index (Phi) is 6.83. The van der Waals surface area contributed by atoms with Crippen molar-refractivity contribution in [3.05, 3.63) is 45.8 Å². The Hall–Kier alpha value is -3.05. The van der Waals surface area contributed by atoms with Gasteiger partial charge >= 0.3 is 11.2 Å². The van der Waals surface area contributed by atoms with Gasteiger partial charge in [-0.15, -0.1) is 16.4 Å². The van der Waals surface area contributed by atoms with E-state index >= 15 is 0 Å². The average Bonchev–Trinajstić information content (AvgIpc) is 3.43. The summed E-state index contributed by atoms with van der Waals surface area (Å²) < 4.78 is 35.9. The summed E-state index contributed by atoms with van der Waals surface area (Å²) in [5, 5.41) is 9.73. The van der Waals surface area contributed by atoms with E-state index in [2.05, 4.69) is 36.3 Å². The highest BCUT2D eigenvalue weighted by molar-refractivity contribution is 7.91. The number of thiophene rings is 1. The van der Waals surface area contributed by atoms with Crippen LogP contribution in [0.3, 0.4) is 0 Å². The lowest BCUT2D eigenvalue weighted by Crippen LogP contribution is -2.24. The molecule has 2 heterocycles. The number of fused-ring (bicyclic) bond motifs is 1. The van der Waals surface area contributed by atoms with Crippen molar-refractivity contribution in [1.29, 1.82) is 0 Å². The van der Waals surface area contributed by atoms with E-state index in [-0.39, 0.29) is 11.3 Å². The van der Waals surface area contributed by atoms with Gasteiger partial charge in [-0.05, 0) is 54.4 Å². The van der Waals surface area contributed by atoms with Gasteiger partial charge in [0.05, 0.1) is 12.7 Å². The number of hydrogen-bond donors (Lipinski definition) is 1. The van der Waals surface area contributed by atoms with Crippen LogP contribution < -0.4 is 5.32 Å². The third-order valence-electron chi connectivity index (χ3n) is 5.81. The zero-order valence-electron chi connectivity index (χ0n) is 20.0. The van der Waals surface area contributed by atoms with Crippen LogP contribution in [0.2, 0.25) is 0 Å². The van der Waals surface area contributed by atoms with E-state index in [0.29, 0.717) is 22.5 Å². The van der Waals surface area contributed by atoms with E-state index in [1.807, 2.05) is 12.1 Å². The van der Waals surface area contributed by atoms with Gasteiger partial charge < -0.3 is 14.5 Å². The quantitative estimate of drug-likeness (QED) is 0.482. The van der Waals surface area contributed by atoms with Gasteiger partial charge in [-0.1, -0.05) is 38.0 Å². The van der Waals surface area contributed by atoms with Gasteiger partial charge in [0, 0.05) is 10.4 Å². The number of hydrogen-bond acceptors (Lipinski definition) is 9. The van der Waals surface area contributed by atoms with E-state index in [0.717, 1.165) is 35.3 Å². The highest BCUT2D eigenvalue weighted by atomic mass is 32.2. The summed E-state index contributed by atoms with van der Waals surface area (Å²) in [5.74, 6) is -2.21. The molecule has 1 aliphatic carbocycles. The molecule has 1 N–H and O–H groups in total. The fourth-order valence-corrected chi connectivity index (χ4v) is 6.14. The second-order valence-corrected chi connectivity index (χ2v) is 12.4. The first kappa shape index (κ1) is 25.1. The summed E-state index contributed by atoms with van der Waals surface area (Å²) in [6.45, 7) is 6.26. The van der Waals surface area contributed by atoms with Gasteiger partial charge in [0.2, 0.25) is 21.6 Å². The molecule has 3 aromatic rings. The number of esters is 1. The SMILES string of the molecule is COC(=O)c1c(NC(=O)CS(=O)(=O)c2nnc(-c3ccc(C(C)(C)C)cc3)o2)sc2c1CCCC2. The molecule has 186 valence electrons. The minimum atomic E-state index is -4.20. The number of sulfone groups is 1. The van der Waals surface area contributed by atoms with Gasteiger partial charge in [-0.25, -0.2) is 13.2 Å². The number of benzene rings is 1. The number of ether oxygens (including phenoxy) is 1. The van der Waals surface area contributed by atoms with E-state index in [1.165, 1.54) is 18.4 Å². The van der Waals surface area contributed by atoms with Crippen molar-refractivity contribution in [3.63, 3.8) is 0 Å². The minimum Gasteiger partial charge on any atom is -0.465 e. The number of amides is 1. The molecule has 1 aliphatic rings. The molecule has 0 radical (unpaired) electrons. The Morgan fingerprint density at radius 2 is 1.80 bits per heavy atom. The van der Waals surface area contributed by atoms with Crippen LogP contribution in [0.5, 0.6) is 0 Å². The summed E-state index contributed by atoms with van der Waals surface area (Å²) in [6, 6.07) is 7.40. The topological polar surface area (TPSA) is 128 Å². The van der Waals surface area contributed by atoms with Crippen LogP contribution >= 0.6 is 11.3 Å². The van der Waals surface area contributed by atoms with Crippen LogP contribution in [0, 0.1) is 0 Å². The molecule has 2 aromatic heterocycles. The molecule has 1 amide bonds. The van der Waals surface area contributed by atoms with Crippen LogP contribution in [-0.4, -0.2) is 43.4 Å². The molecule has 11 heteroatoms. The third kappa shape index (κ3) is 5.30. The number of nitrogens with zero attached hydrogens (tertiary/aromatic N) is 2. The number of carbonyl (C=O) groups is 2. The van der Waals surface area contributed by atoms with Crippen molar-refractivity contribution < 1.29 is 27.2 Å². The Balaban J connectivity index is 1.51. The first-order chi connectivity index (χ1) is 16.5. The molecular formula is C24H27N3O6S2. The smallest absolute Gasteiger partial charge is 0.341 e. The van der Waals surface area contributed by atoms with Crippen molar-refractivity contribution in [2.24, 2.45) is 0 Å². The summed E-state index contributed by atoms with van der Waals surface area (Å²) in [5.41, 5.74) is 2.81. The molecule has 0 aliphatic heterocycles. The molecule has 0 fully saturated rings. The first-order valence-electron chi connectivity index (χ1n) is 11.2. The summed E-state index contributed by atoms with van der Waals surface area (Å²) in [6.07, 6.45) is 3.45. The van der Waals surface area contributed by atoms with Gasteiger partial charge in [0.1, 0.15) is 10.8 Å². The molecule has 0 unspecified atom stereocenters. The second kappa shape index (κ2) is 9.54. The van der Waals surface area contributed by atoms with E-state index in [9.17, 15) is 18.0 Å². The summed E-state index contributed by atoms with van der Waals surface area (Å²) in [4.78, 5) is 26.0. The van der Waals surface area contributed by atoms with Crippen molar-refractivity contribution in [1.82, 2.24) is 10.2 Å². The second-order valence-electron chi connectivity index (χ2n) is 9.41. The number of aryl methyl sites for hydroxylation is 1. The summed E-state index contributed by atoms with van der Waals surface area (Å²) >= 11 is 1.28. The number of nitrogens with one attached hydrogen (secondary N) is 1. The normalized spacial score (nSPS) is 13.8. The van der Waals surface area contributed by atoms with Crippen molar-refractivity contribution in [2.75, 3.05) is 18.2 Å². The zero-order chi connectivity index (χ0) is 25.4. The number of rotatable bonds is 6. The maximum atomic E-state index is 12.8. The van der Waals surface area contributed by atoms with Gasteiger partial charge in [0.25, 0.3) is 0 Å². The Morgan fingerprint density at radius 3 is 2.46 bits per heavy atom. The first-order valence-corrected chi connectivity index (χ1v) is 13.7. The van der Waals surface area contributed by atoms with Crippen molar-refractivity contribution in [3.8, 4) is 11.5 Å². The van der Waals surface area contributed by atoms with Crippen LogP contribution in [0.1, 0.15) is 60.0 Å². The fraction of sp³-hybridized carbons (Fsp3) is 0.417. The fourth-order valence-electron chi connectivity index (χ4n) is 3.93. The van der Waals surface area contributed by atoms with Gasteiger partial charge in [-0.2, -0.15) is 0 Å². The molecule has 1 aromatic carbocycles. The third-order valence-corrected chi connectivity index (χ3v) is 8.35. The van der Waals surface area contributed by atoms with Crippen molar-refractivity contribution >= 4 is 38.1 Å². The van der Waals surface area contributed by atoms with Gasteiger partial charge in [0.15, 0.2) is 0 Å². The lowest BCUT2D eigenvalue weighted by molar-refractivity contribution is -0.113. The zero-order valence-corrected chi connectivity index (χ0v) is 21.6. The van der Waals surface area contributed by atoms with Crippen LogP contribution in [0.15, 0.2) is 33.9 Å². The lowest BCUT2D eigenvalue weighted by atomic mass is 9.87. The molecule has 0 spiro atoms. The van der Waals surface area contributed by atoms with E-state index in [4.69, 9.17) is 9.15 Å². The Labute approximate surface area is 207 Å². The van der Waals surface area contributed by atoms with Crippen LogP contribution in [-0.2, 0) is 37.6 Å². The standard InChI is InChI=1S/C24H27N3O6S2/c1-24(2,3)15-11-9-14(10-12-15)20-26-27-23(33-20)35(30,31)13-18(28)25-21-19(22(29)32-4)16-7-5-6-8-17(16)34-21/h9-12H,5-8,13H2,1-4H3,(H,25,28). The molecule has 0 saturated carbocycles. The summed E-state index contributed by atoms with van der Waals surface area (Å²) in [7, 11) is -2.93. The predicted molar refractivity (Wildman–Crippen MR) is 131 cm³/mol. The minimum absolute atomic E-state index is 0.0369.